The van der Waals surface area contributed by atoms with E-state index in [-0.39, 0.29) is 27.8 Å². The normalized spacial score (nSPS) is 19.9. The number of amides is 2. The molecule has 0 bridgehead atoms. The van der Waals surface area contributed by atoms with Crippen molar-refractivity contribution in [2.45, 2.75) is 13.3 Å². The molecule has 1 unspecified atom stereocenters. The largest absolute Gasteiger partial charge is 0.481 e. The number of hydrogen-bond donors (Lipinski definition) is 2. The molecule has 9 heteroatoms. The number of carboxylic acid groups (broad SMARTS) is 1. The van der Waals surface area contributed by atoms with Gasteiger partial charge < -0.3 is 20.1 Å². The van der Waals surface area contributed by atoms with Crippen LogP contribution in [0.25, 0.3) is 0 Å². The molecule has 1 atom stereocenters. The molecule has 1 saturated heterocycles. The average molecular weight is 375 g/mol. The molecule has 24 heavy (non-hydrogen) atoms. The molecular weight excluding hydrogens is 359 g/mol. The van der Waals surface area contributed by atoms with E-state index in [1.807, 2.05) is 0 Å². The van der Waals surface area contributed by atoms with Gasteiger partial charge in [-0.05, 0) is 25.5 Å². The Hall–Kier alpha value is -1.99. The Bertz CT molecular complexity index is 709. The van der Waals surface area contributed by atoms with E-state index < -0.39 is 23.4 Å². The molecule has 0 saturated carbocycles. The molecule has 2 amide bonds. The van der Waals surface area contributed by atoms with E-state index in [0.29, 0.717) is 13.0 Å². The molecule has 0 radical (unpaired) electrons. The van der Waals surface area contributed by atoms with E-state index in [2.05, 4.69) is 10.1 Å². The smallest absolute Gasteiger partial charge is 0.340 e. The number of carbonyl (C=O) groups is 3. The number of nitrogens with one attached hydrogen (secondary N) is 1. The number of halogens is 2. The predicted octanol–water partition coefficient (Wildman–Crippen LogP) is 3.11. The van der Waals surface area contributed by atoms with E-state index in [4.69, 9.17) is 23.2 Å². The lowest BCUT2D eigenvalue weighted by Gasteiger charge is -2.21. The Balaban J connectivity index is 2.22. The Labute approximate surface area is 148 Å². The molecule has 1 heterocycles. The summed E-state index contributed by atoms with van der Waals surface area (Å²) >= 11 is 11.8. The zero-order chi connectivity index (χ0) is 18.1. The zero-order valence-corrected chi connectivity index (χ0v) is 14.6. The lowest BCUT2D eigenvalue weighted by molar-refractivity contribution is -0.146. The molecule has 1 aromatic carbocycles. The Kier molecular flexibility index (Phi) is 5.25. The zero-order valence-electron chi connectivity index (χ0n) is 13.1. The van der Waals surface area contributed by atoms with E-state index in [9.17, 15) is 19.5 Å². The second-order valence-corrected chi connectivity index (χ2v) is 6.59. The average Bonchev–Trinajstić information content (AvgIpc) is 2.94. The minimum absolute atomic E-state index is 0.0560. The van der Waals surface area contributed by atoms with Gasteiger partial charge in [-0.15, -0.1) is 0 Å². The summed E-state index contributed by atoms with van der Waals surface area (Å²) in [7, 11) is 1.20. The summed E-state index contributed by atoms with van der Waals surface area (Å²) in [4.78, 5) is 36.8. The van der Waals surface area contributed by atoms with Crippen LogP contribution in [0.3, 0.4) is 0 Å². The number of carboxylic acids is 1. The van der Waals surface area contributed by atoms with Crippen molar-refractivity contribution < 1.29 is 24.2 Å². The van der Waals surface area contributed by atoms with Gasteiger partial charge in [0.05, 0.1) is 33.8 Å². The highest BCUT2D eigenvalue weighted by molar-refractivity contribution is 6.42. The minimum Gasteiger partial charge on any atom is -0.481 e. The number of urea groups is 1. The Morgan fingerprint density at radius 2 is 1.92 bits per heavy atom. The number of benzene rings is 1. The van der Waals surface area contributed by atoms with Crippen LogP contribution in [0, 0.1) is 5.41 Å². The number of ether oxygens (including phenoxy) is 1. The van der Waals surface area contributed by atoms with Gasteiger partial charge in [0, 0.05) is 13.1 Å². The van der Waals surface area contributed by atoms with Crippen LogP contribution in [0.15, 0.2) is 12.1 Å². The first-order valence-electron chi connectivity index (χ1n) is 7.04. The third-order valence-corrected chi connectivity index (χ3v) is 4.71. The van der Waals surface area contributed by atoms with Crippen molar-refractivity contribution in [1.29, 1.82) is 0 Å². The molecule has 1 aromatic rings. The topological polar surface area (TPSA) is 95.9 Å². The van der Waals surface area contributed by atoms with E-state index in [1.165, 1.54) is 24.1 Å². The molecule has 0 aromatic heterocycles. The van der Waals surface area contributed by atoms with Crippen molar-refractivity contribution in [2.24, 2.45) is 5.41 Å². The molecule has 2 rings (SSSR count). The number of esters is 1. The number of aliphatic carboxylic acids is 1. The van der Waals surface area contributed by atoms with Crippen molar-refractivity contribution in [3.63, 3.8) is 0 Å². The van der Waals surface area contributed by atoms with Crippen LogP contribution >= 0.6 is 23.2 Å². The summed E-state index contributed by atoms with van der Waals surface area (Å²) in [6.45, 7) is 1.95. The SMILES string of the molecule is COC(=O)c1cc(Cl)c(Cl)cc1NC(=O)N1CCC(C)(C(=O)O)C1. The first-order chi connectivity index (χ1) is 11.2. The van der Waals surface area contributed by atoms with Crippen molar-refractivity contribution in [3.8, 4) is 0 Å². The van der Waals surface area contributed by atoms with Gasteiger partial charge in [0.1, 0.15) is 0 Å². The number of likely N-dealkylation sites (tertiary alicyclic amines) is 1. The number of nitrogens with zero attached hydrogens (tertiary/aromatic N) is 1. The van der Waals surface area contributed by atoms with Gasteiger partial charge in [-0.3, -0.25) is 4.79 Å². The van der Waals surface area contributed by atoms with Crippen molar-refractivity contribution in [2.75, 3.05) is 25.5 Å². The molecule has 7 nitrogen and oxygen atoms in total. The van der Waals surface area contributed by atoms with Crippen LogP contribution in [0.1, 0.15) is 23.7 Å². The van der Waals surface area contributed by atoms with Crippen molar-refractivity contribution in [3.05, 3.63) is 27.7 Å². The van der Waals surface area contributed by atoms with Crippen LogP contribution < -0.4 is 5.32 Å². The van der Waals surface area contributed by atoms with E-state index >= 15 is 0 Å². The summed E-state index contributed by atoms with van der Waals surface area (Å²) in [6.07, 6.45) is 0.348. The van der Waals surface area contributed by atoms with E-state index in [1.54, 1.807) is 6.92 Å². The summed E-state index contributed by atoms with van der Waals surface area (Å²) in [5, 5.41) is 12.1. The van der Waals surface area contributed by atoms with Gasteiger partial charge in [-0.2, -0.15) is 0 Å². The fraction of sp³-hybridized carbons (Fsp3) is 0.400. The van der Waals surface area contributed by atoms with Gasteiger partial charge in [-0.1, -0.05) is 23.2 Å². The van der Waals surface area contributed by atoms with Crippen LogP contribution in [-0.4, -0.2) is 48.2 Å². The number of methoxy groups -OCH3 is 1. The lowest BCUT2D eigenvalue weighted by Crippen LogP contribution is -2.37. The number of carbonyl (C=O) groups excluding carboxylic acids is 2. The molecular formula is C15H16Cl2N2O5. The molecule has 130 valence electrons. The molecule has 2 N–H and O–H groups in total. The summed E-state index contributed by atoms with van der Waals surface area (Å²) in [5.41, 5.74) is -0.786. The van der Waals surface area contributed by atoms with Gasteiger partial charge in [0.25, 0.3) is 0 Å². The molecule has 1 aliphatic rings. The maximum atomic E-state index is 12.4. The van der Waals surface area contributed by atoms with Crippen LogP contribution in [0.4, 0.5) is 10.5 Å². The maximum absolute atomic E-state index is 12.4. The van der Waals surface area contributed by atoms with Gasteiger partial charge in [0.2, 0.25) is 0 Å². The van der Waals surface area contributed by atoms with Crippen LogP contribution in [0.5, 0.6) is 0 Å². The predicted molar refractivity (Wildman–Crippen MR) is 88.8 cm³/mol. The number of anilines is 1. The molecule has 1 aliphatic heterocycles. The van der Waals surface area contributed by atoms with Crippen LogP contribution in [0.2, 0.25) is 10.0 Å². The van der Waals surface area contributed by atoms with Gasteiger partial charge >= 0.3 is 18.0 Å². The van der Waals surface area contributed by atoms with Crippen molar-refractivity contribution >= 4 is 46.9 Å². The third kappa shape index (κ3) is 3.57. The number of hydrogen-bond acceptors (Lipinski definition) is 4. The van der Waals surface area contributed by atoms with Gasteiger partial charge in [-0.25, -0.2) is 9.59 Å². The second-order valence-electron chi connectivity index (χ2n) is 5.77. The Morgan fingerprint density at radius 1 is 1.29 bits per heavy atom. The first kappa shape index (κ1) is 18.4. The monoisotopic (exact) mass is 374 g/mol. The molecule has 1 fully saturated rings. The summed E-state index contributed by atoms with van der Waals surface area (Å²) in [5.74, 6) is -1.64. The lowest BCUT2D eigenvalue weighted by atomic mass is 9.90. The summed E-state index contributed by atoms with van der Waals surface area (Å²) in [6, 6.07) is 2.13. The van der Waals surface area contributed by atoms with Crippen LogP contribution in [-0.2, 0) is 9.53 Å². The van der Waals surface area contributed by atoms with Crippen molar-refractivity contribution in [1.82, 2.24) is 4.90 Å². The second kappa shape index (κ2) is 6.86. The number of rotatable bonds is 3. The fourth-order valence-electron chi connectivity index (χ4n) is 2.43. The highest BCUT2D eigenvalue weighted by Gasteiger charge is 2.42. The third-order valence-electron chi connectivity index (χ3n) is 3.98. The summed E-state index contributed by atoms with van der Waals surface area (Å²) < 4.78 is 4.66. The molecule has 0 aliphatic carbocycles. The van der Waals surface area contributed by atoms with E-state index in [0.717, 1.165) is 0 Å². The fourth-order valence-corrected chi connectivity index (χ4v) is 2.76. The highest BCUT2D eigenvalue weighted by Crippen LogP contribution is 2.32. The Morgan fingerprint density at radius 3 is 2.46 bits per heavy atom. The first-order valence-corrected chi connectivity index (χ1v) is 7.80. The highest BCUT2D eigenvalue weighted by atomic mass is 35.5. The maximum Gasteiger partial charge on any atom is 0.340 e. The quantitative estimate of drug-likeness (QED) is 0.792. The van der Waals surface area contributed by atoms with Gasteiger partial charge in [0.15, 0.2) is 0 Å². The minimum atomic E-state index is -0.986. The molecule has 0 spiro atoms. The standard InChI is InChI=1S/C15H16Cl2N2O5/c1-15(13(21)22)3-4-19(7-15)14(23)18-11-6-10(17)9(16)5-8(11)12(20)24-2/h5-6H,3-4,7H2,1-2H3,(H,18,23)(H,21,22).